The number of carboxylic acids is 1. The van der Waals surface area contributed by atoms with E-state index >= 15 is 0 Å². The molecule has 5 nitrogen and oxygen atoms in total. The van der Waals surface area contributed by atoms with E-state index in [-0.39, 0.29) is 6.42 Å². The maximum atomic E-state index is 11.5. The lowest BCUT2D eigenvalue weighted by Gasteiger charge is -2.11. The smallest absolute Gasteiger partial charge is 0.328 e. The molecule has 1 unspecified atom stereocenters. The van der Waals surface area contributed by atoms with Crippen molar-refractivity contribution in [3.8, 4) is 0 Å². The van der Waals surface area contributed by atoms with Crippen LogP contribution in [0.5, 0.6) is 0 Å². The summed E-state index contributed by atoms with van der Waals surface area (Å²) < 4.78 is 0. The van der Waals surface area contributed by atoms with Gasteiger partial charge in [0.15, 0.2) is 0 Å². The van der Waals surface area contributed by atoms with Gasteiger partial charge in [0.05, 0.1) is 13.0 Å². The number of amides is 1. The summed E-state index contributed by atoms with van der Waals surface area (Å²) in [5.41, 5.74) is 0.605. The summed E-state index contributed by atoms with van der Waals surface area (Å²) in [5.74, 6) is -1.78. The van der Waals surface area contributed by atoms with Gasteiger partial charge in [-0.3, -0.25) is 4.79 Å². The van der Waals surface area contributed by atoms with Crippen LogP contribution >= 0.6 is 11.6 Å². The normalized spacial score (nSPS) is 11.9. The van der Waals surface area contributed by atoms with Crippen LogP contribution in [0.25, 0.3) is 0 Å². The van der Waals surface area contributed by atoms with E-state index in [0.717, 1.165) is 0 Å². The van der Waals surface area contributed by atoms with E-state index in [4.69, 9.17) is 21.8 Å². The van der Waals surface area contributed by atoms with Gasteiger partial charge < -0.3 is 15.5 Å². The molecule has 1 amide bonds. The minimum absolute atomic E-state index is 0.0244. The first-order chi connectivity index (χ1) is 8.04. The molecule has 92 valence electrons. The van der Waals surface area contributed by atoms with Crippen LogP contribution in [-0.4, -0.2) is 34.7 Å². The van der Waals surface area contributed by atoms with Crippen molar-refractivity contribution in [3.05, 3.63) is 34.9 Å². The standard InChI is InChI=1S/C11H12ClNO4/c12-8-4-2-1-3-7(8)5-10(15)13-9(6-14)11(16)17/h1-4,9,14H,5-6H2,(H,13,15)(H,16,17). The monoisotopic (exact) mass is 257 g/mol. The molecule has 1 rings (SSSR count). The van der Waals surface area contributed by atoms with Gasteiger partial charge in [-0.25, -0.2) is 4.79 Å². The topological polar surface area (TPSA) is 86.6 Å². The SMILES string of the molecule is O=C(Cc1ccccc1Cl)NC(CO)C(=O)O. The second-order valence-electron chi connectivity index (χ2n) is 3.41. The first kappa shape index (κ1) is 13.5. The van der Waals surface area contributed by atoms with E-state index in [2.05, 4.69) is 5.32 Å². The Morgan fingerprint density at radius 2 is 2.00 bits per heavy atom. The van der Waals surface area contributed by atoms with Gasteiger partial charge in [-0.15, -0.1) is 0 Å². The summed E-state index contributed by atoms with van der Waals surface area (Å²) in [6, 6.07) is 5.50. The van der Waals surface area contributed by atoms with Crippen LogP contribution in [0.3, 0.4) is 0 Å². The fourth-order valence-corrected chi connectivity index (χ4v) is 1.45. The third kappa shape index (κ3) is 4.05. The van der Waals surface area contributed by atoms with Crippen molar-refractivity contribution in [1.29, 1.82) is 0 Å². The molecule has 3 N–H and O–H groups in total. The van der Waals surface area contributed by atoms with Crippen molar-refractivity contribution in [2.45, 2.75) is 12.5 Å². The molecular weight excluding hydrogens is 246 g/mol. The van der Waals surface area contributed by atoms with Crippen molar-refractivity contribution < 1.29 is 19.8 Å². The maximum absolute atomic E-state index is 11.5. The van der Waals surface area contributed by atoms with Crippen molar-refractivity contribution in [1.82, 2.24) is 5.32 Å². The molecule has 0 saturated heterocycles. The highest BCUT2D eigenvalue weighted by molar-refractivity contribution is 6.31. The zero-order valence-corrected chi connectivity index (χ0v) is 9.65. The largest absolute Gasteiger partial charge is 0.480 e. The van der Waals surface area contributed by atoms with Gasteiger partial charge in [-0.2, -0.15) is 0 Å². The Bertz CT molecular complexity index is 422. The van der Waals surface area contributed by atoms with Gasteiger partial charge in [0.2, 0.25) is 5.91 Å². The number of halogens is 1. The molecule has 0 aliphatic carbocycles. The molecule has 0 saturated carbocycles. The lowest BCUT2D eigenvalue weighted by Crippen LogP contribution is -2.43. The van der Waals surface area contributed by atoms with Gasteiger partial charge in [-0.05, 0) is 11.6 Å². The highest BCUT2D eigenvalue weighted by Crippen LogP contribution is 2.15. The average Bonchev–Trinajstić information content (AvgIpc) is 2.28. The molecule has 1 aromatic carbocycles. The van der Waals surface area contributed by atoms with Gasteiger partial charge in [0.25, 0.3) is 0 Å². The molecule has 0 aliphatic heterocycles. The van der Waals surface area contributed by atoms with Crippen LogP contribution in [0, 0.1) is 0 Å². The quantitative estimate of drug-likeness (QED) is 0.715. The van der Waals surface area contributed by atoms with Crippen LogP contribution < -0.4 is 5.32 Å². The van der Waals surface area contributed by atoms with Gasteiger partial charge in [0.1, 0.15) is 6.04 Å². The maximum Gasteiger partial charge on any atom is 0.328 e. The first-order valence-electron chi connectivity index (χ1n) is 4.91. The van der Waals surface area contributed by atoms with Crippen LogP contribution in [0.15, 0.2) is 24.3 Å². The van der Waals surface area contributed by atoms with Gasteiger partial charge in [0, 0.05) is 5.02 Å². The number of rotatable bonds is 5. The van der Waals surface area contributed by atoms with Gasteiger partial charge in [-0.1, -0.05) is 29.8 Å². The van der Waals surface area contributed by atoms with E-state index < -0.39 is 24.5 Å². The molecule has 0 bridgehead atoms. The molecule has 0 aliphatic rings. The molecule has 17 heavy (non-hydrogen) atoms. The second-order valence-corrected chi connectivity index (χ2v) is 3.82. The van der Waals surface area contributed by atoms with E-state index in [9.17, 15) is 9.59 Å². The third-order valence-electron chi connectivity index (χ3n) is 2.12. The molecule has 0 fully saturated rings. The van der Waals surface area contributed by atoms with Crippen LogP contribution in [0.2, 0.25) is 5.02 Å². The molecule has 0 heterocycles. The first-order valence-corrected chi connectivity index (χ1v) is 5.29. The zero-order chi connectivity index (χ0) is 12.8. The lowest BCUT2D eigenvalue weighted by molar-refractivity contribution is -0.142. The van der Waals surface area contributed by atoms with Crippen LogP contribution in [0.4, 0.5) is 0 Å². The Labute approximate surface area is 103 Å². The molecule has 0 radical (unpaired) electrons. The fraction of sp³-hybridized carbons (Fsp3) is 0.273. The predicted octanol–water partition coefficient (Wildman–Crippen LogP) is 0.444. The molecule has 0 spiro atoms. The molecule has 1 atom stereocenters. The van der Waals surface area contributed by atoms with E-state index in [1.54, 1.807) is 24.3 Å². The number of hydrogen-bond acceptors (Lipinski definition) is 3. The van der Waals surface area contributed by atoms with E-state index in [0.29, 0.717) is 10.6 Å². The number of aliphatic carboxylic acids is 1. The number of benzene rings is 1. The van der Waals surface area contributed by atoms with Crippen LogP contribution in [0.1, 0.15) is 5.56 Å². The number of aliphatic hydroxyl groups is 1. The Hall–Kier alpha value is -1.59. The lowest BCUT2D eigenvalue weighted by atomic mass is 10.1. The highest BCUT2D eigenvalue weighted by Gasteiger charge is 2.18. The Balaban J connectivity index is 2.61. The van der Waals surface area contributed by atoms with Crippen molar-refractivity contribution >= 4 is 23.5 Å². The summed E-state index contributed by atoms with van der Waals surface area (Å²) >= 11 is 5.86. The predicted molar refractivity (Wildman–Crippen MR) is 61.8 cm³/mol. The number of carbonyl (C=O) groups excluding carboxylic acids is 1. The number of nitrogens with one attached hydrogen (secondary N) is 1. The zero-order valence-electron chi connectivity index (χ0n) is 8.89. The van der Waals surface area contributed by atoms with Gasteiger partial charge >= 0.3 is 5.97 Å². The minimum Gasteiger partial charge on any atom is -0.480 e. The fourth-order valence-electron chi connectivity index (χ4n) is 1.25. The summed E-state index contributed by atoms with van der Waals surface area (Å²) in [6.45, 7) is -0.649. The number of carboxylic acid groups (broad SMARTS) is 1. The molecule has 1 aromatic rings. The van der Waals surface area contributed by atoms with Crippen molar-refractivity contribution in [3.63, 3.8) is 0 Å². The summed E-state index contributed by atoms with van der Waals surface area (Å²) in [6.07, 6.45) is -0.0244. The average molecular weight is 258 g/mol. The summed E-state index contributed by atoms with van der Waals surface area (Å²) in [4.78, 5) is 22.1. The highest BCUT2D eigenvalue weighted by atomic mass is 35.5. The van der Waals surface area contributed by atoms with Crippen molar-refractivity contribution in [2.75, 3.05) is 6.61 Å². The summed E-state index contributed by atoms with van der Waals surface area (Å²) in [5, 5.41) is 20.0. The number of carbonyl (C=O) groups is 2. The van der Waals surface area contributed by atoms with E-state index in [1.165, 1.54) is 0 Å². The molecule has 0 aromatic heterocycles. The van der Waals surface area contributed by atoms with E-state index in [1.807, 2.05) is 0 Å². The number of hydrogen-bond donors (Lipinski definition) is 3. The molecule has 6 heteroatoms. The second kappa shape index (κ2) is 6.22. The Kier molecular flexibility index (Phi) is 4.93. The van der Waals surface area contributed by atoms with Crippen molar-refractivity contribution in [2.24, 2.45) is 0 Å². The number of aliphatic hydroxyl groups excluding tert-OH is 1. The Morgan fingerprint density at radius 3 is 2.53 bits per heavy atom. The minimum atomic E-state index is -1.29. The Morgan fingerprint density at radius 1 is 1.35 bits per heavy atom. The third-order valence-corrected chi connectivity index (χ3v) is 2.49. The molecular formula is C11H12ClNO4. The summed E-state index contributed by atoms with van der Waals surface area (Å²) in [7, 11) is 0. The van der Waals surface area contributed by atoms with Crippen LogP contribution in [-0.2, 0) is 16.0 Å².